The second-order valence-electron chi connectivity index (χ2n) is 3.81. The molecule has 88 valence electrons. The van der Waals surface area contributed by atoms with Crippen LogP contribution in [0.15, 0.2) is 5.18 Å². The maximum Gasteiger partial charge on any atom is 0.408 e. The molecule has 0 aliphatic carbocycles. The van der Waals surface area contributed by atoms with E-state index in [1.54, 1.807) is 13.8 Å². The normalized spacial score (nSPS) is 12.7. The fourth-order valence-corrected chi connectivity index (χ4v) is 0.878. The van der Waals surface area contributed by atoms with E-state index in [2.05, 4.69) is 15.8 Å². The van der Waals surface area contributed by atoms with Crippen molar-refractivity contribution < 1.29 is 9.53 Å². The first-order chi connectivity index (χ1) is 6.97. The topological polar surface area (TPSA) is 79.8 Å². The summed E-state index contributed by atoms with van der Waals surface area (Å²) in [6.45, 7) is 7.42. The number of amides is 1. The van der Waals surface area contributed by atoms with Gasteiger partial charge in [0.25, 0.3) is 0 Å². The number of rotatable bonds is 6. The molecule has 6 nitrogen and oxygen atoms in total. The van der Waals surface area contributed by atoms with Crippen molar-refractivity contribution in [1.82, 2.24) is 10.6 Å². The molecular weight excluding hydrogens is 198 g/mol. The lowest BCUT2D eigenvalue weighted by Crippen LogP contribution is -2.41. The van der Waals surface area contributed by atoms with Crippen LogP contribution in [0.25, 0.3) is 0 Å². The Balaban J connectivity index is 3.68. The third-order valence-electron chi connectivity index (χ3n) is 1.63. The molecular formula is C9H19N3O3. The Hall–Kier alpha value is -1.17. The van der Waals surface area contributed by atoms with Gasteiger partial charge < -0.3 is 10.1 Å². The molecule has 0 fully saturated rings. The number of nitrogens with zero attached hydrogens (tertiary/aromatic N) is 1. The van der Waals surface area contributed by atoms with Crippen molar-refractivity contribution in [3.05, 3.63) is 4.91 Å². The van der Waals surface area contributed by atoms with Gasteiger partial charge >= 0.3 is 6.09 Å². The van der Waals surface area contributed by atoms with Crippen molar-refractivity contribution in [3.63, 3.8) is 0 Å². The number of carbonyl (C=O) groups excluding carboxylic acids is 1. The maximum atomic E-state index is 11.0. The molecule has 0 aliphatic heterocycles. The molecule has 2 N–H and O–H groups in total. The highest BCUT2D eigenvalue weighted by Crippen LogP contribution is 2.00. The van der Waals surface area contributed by atoms with Crippen LogP contribution in [0, 0.1) is 10.8 Å². The first-order valence-electron chi connectivity index (χ1n) is 4.97. The van der Waals surface area contributed by atoms with Gasteiger partial charge in [-0.15, -0.1) is 4.91 Å². The minimum atomic E-state index is -0.508. The van der Waals surface area contributed by atoms with E-state index in [0.717, 1.165) is 0 Å². The van der Waals surface area contributed by atoms with Gasteiger partial charge in [-0.3, -0.25) is 5.32 Å². The average molecular weight is 217 g/mol. The number of carbonyl (C=O) groups is 1. The van der Waals surface area contributed by atoms with Crippen LogP contribution in [0.1, 0.15) is 27.7 Å². The Morgan fingerprint density at radius 3 is 2.33 bits per heavy atom. The zero-order chi connectivity index (χ0) is 11.8. The molecule has 1 atom stereocenters. The summed E-state index contributed by atoms with van der Waals surface area (Å²) in [5.41, 5.74) is 0. The quantitative estimate of drug-likeness (QED) is 0.521. The van der Waals surface area contributed by atoms with Crippen LogP contribution >= 0.6 is 0 Å². The fourth-order valence-electron chi connectivity index (χ4n) is 0.878. The van der Waals surface area contributed by atoms with E-state index in [1.165, 1.54) is 0 Å². The Morgan fingerprint density at radius 2 is 1.93 bits per heavy atom. The first-order valence-corrected chi connectivity index (χ1v) is 4.97. The number of alkyl carbamates (subject to hydrolysis) is 1. The van der Waals surface area contributed by atoms with E-state index in [9.17, 15) is 9.70 Å². The van der Waals surface area contributed by atoms with E-state index >= 15 is 0 Å². The molecule has 0 radical (unpaired) electrons. The Labute approximate surface area is 89.7 Å². The van der Waals surface area contributed by atoms with Gasteiger partial charge in [0.15, 0.2) is 0 Å². The van der Waals surface area contributed by atoms with Crippen molar-refractivity contribution in [2.45, 2.75) is 40.0 Å². The molecule has 0 aromatic carbocycles. The Morgan fingerprint density at radius 1 is 1.33 bits per heavy atom. The van der Waals surface area contributed by atoms with Gasteiger partial charge in [-0.2, -0.15) is 0 Å². The van der Waals surface area contributed by atoms with Crippen molar-refractivity contribution in [3.8, 4) is 0 Å². The summed E-state index contributed by atoms with van der Waals surface area (Å²) < 4.78 is 4.83. The lowest BCUT2D eigenvalue weighted by Gasteiger charge is -2.15. The van der Waals surface area contributed by atoms with E-state index in [0.29, 0.717) is 0 Å². The van der Waals surface area contributed by atoms with Gasteiger partial charge in [-0.05, 0) is 19.8 Å². The van der Waals surface area contributed by atoms with Crippen LogP contribution in [0.5, 0.6) is 0 Å². The fraction of sp³-hybridized carbons (Fsp3) is 0.889. The molecule has 0 aromatic rings. The maximum absolute atomic E-state index is 11.0. The molecule has 0 heterocycles. The van der Waals surface area contributed by atoms with Crippen LogP contribution in [0.4, 0.5) is 4.79 Å². The molecule has 0 saturated carbocycles. The van der Waals surface area contributed by atoms with E-state index in [4.69, 9.17) is 4.74 Å². The monoisotopic (exact) mass is 217 g/mol. The zero-order valence-corrected chi connectivity index (χ0v) is 9.61. The molecule has 0 rings (SSSR count). The lowest BCUT2D eigenvalue weighted by atomic mass is 10.2. The van der Waals surface area contributed by atoms with Crippen LogP contribution in [-0.2, 0) is 4.74 Å². The predicted octanol–water partition coefficient (Wildman–Crippen LogP) is 1.42. The standard InChI is InChI=1S/C9H19N3O3/c1-6(2)8(12-14)10-5-11-9(13)15-7(3)4/h6-8,10H,5H2,1-4H3,(H,11,13). The summed E-state index contributed by atoms with van der Waals surface area (Å²) >= 11 is 0. The first kappa shape index (κ1) is 13.8. The highest BCUT2D eigenvalue weighted by atomic mass is 16.6. The van der Waals surface area contributed by atoms with Crippen LogP contribution in [-0.4, -0.2) is 25.0 Å². The van der Waals surface area contributed by atoms with Crippen molar-refractivity contribution in [2.75, 3.05) is 6.67 Å². The third kappa shape index (κ3) is 6.84. The summed E-state index contributed by atoms with van der Waals surface area (Å²) in [7, 11) is 0. The number of nitroso groups, excluding NO2 is 1. The molecule has 6 heteroatoms. The van der Waals surface area contributed by atoms with Crippen molar-refractivity contribution in [1.29, 1.82) is 0 Å². The molecule has 0 aromatic heterocycles. The number of ether oxygens (including phenoxy) is 1. The smallest absolute Gasteiger partial charge is 0.408 e. The predicted molar refractivity (Wildman–Crippen MR) is 57.2 cm³/mol. The van der Waals surface area contributed by atoms with Crippen LogP contribution in [0.3, 0.4) is 0 Å². The number of hydrogen-bond acceptors (Lipinski definition) is 5. The largest absolute Gasteiger partial charge is 0.447 e. The van der Waals surface area contributed by atoms with Gasteiger partial charge in [0, 0.05) is 0 Å². The van der Waals surface area contributed by atoms with E-state index in [1.807, 2.05) is 13.8 Å². The zero-order valence-electron chi connectivity index (χ0n) is 9.61. The summed E-state index contributed by atoms with van der Waals surface area (Å²) in [6.07, 6.45) is -1.16. The highest BCUT2D eigenvalue weighted by molar-refractivity contribution is 5.67. The number of hydrogen-bond donors (Lipinski definition) is 2. The summed E-state index contributed by atoms with van der Waals surface area (Å²) in [4.78, 5) is 21.4. The van der Waals surface area contributed by atoms with Crippen molar-refractivity contribution in [2.24, 2.45) is 11.1 Å². The summed E-state index contributed by atoms with van der Waals surface area (Å²) in [6, 6.07) is 0. The van der Waals surface area contributed by atoms with Crippen molar-refractivity contribution >= 4 is 6.09 Å². The molecule has 0 saturated heterocycles. The average Bonchev–Trinajstić information content (AvgIpc) is 2.10. The Kier molecular flexibility index (Phi) is 6.61. The third-order valence-corrected chi connectivity index (χ3v) is 1.63. The molecule has 0 spiro atoms. The van der Waals surface area contributed by atoms with E-state index < -0.39 is 12.3 Å². The molecule has 0 bridgehead atoms. The van der Waals surface area contributed by atoms with E-state index in [-0.39, 0.29) is 18.7 Å². The minimum Gasteiger partial charge on any atom is -0.447 e. The molecule has 1 unspecified atom stereocenters. The lowest BCUT2D eigenvalue weighted by molar-refractivity contribution is 0.114. The summed E-state index contributed by atoms with van der Waals surface area (Å²) in [5, 5.41) is 8.14. The second kappa shape index (κ2) is 7.17. The van der Waals surface area contributed by atoms with Crippen LogP contribution < -0.4 is 10.6 Å². The Bertz CT molecular complexity index is 207. The van der Waals surface area contributed by atoms with Gasteiger partial charge in [-0.25, -0.2) is 4.79 Å². The minimum absolute atomic E-state index is 0.0884. The molecule has 1 amide bonds. The second-order valence-corrected chi connectivity index (χ2v) is 3.81. The van der Waals surface area contributed by atoms with Gasteiger partial charge in [-0.1, -0.05) is 19.0 Å². The van der Waals surface area contributed by atoms with Gasteiger partial charge in [0.2, 0.25) is 0 Å². The van der Waals surface area contributed by atoms with Crippen LogP contribution in [0.2, 0.25) is 0 Å². The van der Waals surface area contributed by atoms with Gasteiger partial charge in [0.1, 0.15) is 6.17 Å². The summed E-state index contributed by atoms with van der Waals surface area (Å²) in [5.74, 6) is 0.0884. The molecule has 0 aliphatic rings. The van der Waals surface area contributed by atoms with Gasteiger partial charge in [0.05, 0.1) is 12.8 Å². The number of nitrogens with one attached hydrogen (secondary N) is 2. The highest BCUT2D eigenvalue weighted by Gasteiger charge is 2.12. The molecule has 15 heavy (non-hydrogen) atoms. The SMILES string of the molecule is CC(C)OC(=O)NCNC(N=O)C(C)C.